The lowest BCUT2D eigenvalue weighted by atomic mass is 10.1. The van der Waals surface area contributed by atoms with Crippen molar-refractivity contribution in [1.82, 2.24) is 4.98 Å². The van der Waals surface area contributed by atoms with Gasteiger partial charge in [-0.05, 0) is 30.2 Å². The molecule has 1 N–H and O–H groups in total. The molecule has 0 fully saturated rings. The van der Waals surface area contributed by atoms with Crippen molar-refractivity contribution in [3.63, 3.8) is 0 Å². The van der Waals surface area contributed by atoms with Crippen molar-refractivity contribution in [2.24, 2.45) is 0 Å². The molecular weight excluding hydrogens is 258 g/mol. The van der Waals surface area contributed by atoms with Crippen LogP contribution in [0.5, 0.6) is 0 Å². The van der Waals surface area contributed by atoms with Crippen molar-refractivity contribution in [2.75, 3.05) is 11.9 Å². The van der Waals surface area contributed by atoms with Crippen LogP contribution in [-0.4, -0.2) is 11.5 Å². The Morgan fingerprint density at radius 3 is 2.56 bits per heavy atom. The molecular formula is C13H11ClF2N2. The SMILES string of the molecule is Fc1cc(F)cc(CCNc2ccncc2Cl)c1. The number of aromatic nitrogens is 1. The second-order valence-corrected chi connectivity index (χ2v) is 4.22. The Balaban J connectivity index is 1.94. The standard InChI is InChI=1S/C13H11ClF2N2/c14-12-8-17-3-2-13(12)18-4-1-9-5-10(15)7-11(16)6-9/h2-3,5-8H,1,4H2,(H,17,18). The minimum Gasteiger partial charge on any atom is -0.383 e. The van der Waals surface area contributed by atoms with E-state index < -0.39 is 11.6 Å². The van der Waals surface area contributed by atoms with Gasteiger partial charge in [0.25, 0.3) is 0 Å². The van der Waals surface area contributed by atoms with E-state index in [4.69, 9.17) is 11.6 Å². The molecule has 18 heavy (non-hydrogen) atoms. The molecule has 1 aromatic carbocycles. The van der Waals surface area contributed by atoms with Gasteiger partial charge in [-0.3, -0.25) is 4.98 Å². The summed E-state index contributed by atoms with van der Waals surface area (Å²) in [4.78, 5) is 3.86. The van der Waals surface area contributed by atoms with Gasteiger partial charge in [0.2, 0.25) is 0 Å². The minimum absolute atomic E-state index is 0.507. The number of nitrogens with zero attached hydrogens (tertiary/aromatic N) is 1. The molecule has 0 radical (unpaired) electrons. The summed E-state index contributed by atoms with van der Waals surface area (Å²) in [6, 6.07) is 5.24. The summed E-state index contributed by atoms with van der Waals surface area (Å²) in [7, 11) is 0. The van der Waals surface area contributed by atoms with Gasteiger partial charge in [0, 0.05) is 25.0 Å². The summed E-state index contributed by atoms with van der Waals surface area (Å²) in [5.41, 5.74) is 1.36. The first-order valence-corrected chi connectivity index (χ1v) is 5.81. The third-order valence-corrected chi connectivity index (χ3v) is 2.73. The molecule has 1 aromatic heterocycles. The summed E-state index contributed by atoms with van der Waals surface area (Å²) in [5, 5.41) is 3.60. The van der Waals surface area contributed by atoms with Crippen molar-refractivity contribution in [3.05, 3.63) is 58.9 Å². The highest BCUT2D eigenvalue weighted by Crippen LogP contribution is 2.19. The molecule has 94 valence electrons. The maximum Gasteiger partial charge on any atom is 0.126 e. The maximum atomic E-state index is 13.0. The minimum atomic E-state index is -0.563. The Hall–Kier alpha value is -1.68. The lowest BCUT2D eigenvalue weighted by Crippen LogP contribution is -2.05. The Morgan fingerprint density at radius 2 is 1.89 bits per heavy atom. The van der Waals surface area contributed by atoms with E-state index in [-0.39, 0.29) is 0 Å². The van der Waals surface area contributed by atoms with Crippen molar-refractivity contribution in [2.45, 2.75) is 6.42 Å². The molecule has 0 amide bonds. The van der Waals surface area contributed by atoms with E-state index in [9.17, 15) is 8.78 Å². The van der Waals surface area contributed by atoms with E-state index in [0.29, 0.717) is 23.6 Å². The average Bonchev–Trinajstić information content (AvgIpc) is 2.30. The smallest absolute Gasteiger partial charge is 0.126 e. The molecule has 0 bridgehead atoms. The first-order chi connectivity index (χ1) is 8.65. The number of hydrogen-bond acceptors (Lipinski definition) is 2. The summed E-state index contributed by atoms with van der Waals surface area (Å²) >= 11 is 5.91. The molecule has 0 atom stereocenters. The highest BCUT2D eigenvalue weighted by atomic mass is 35.5. The molecule has 2 aromatic rings. The van der Waals surface area contributed by atoms with Crippen LogP contribution >= 0.6 is 11.6 Å². The average molecular weight is 269 g/mol. The quantitative estimate of drug-likeness (QED) is 0.915. The summed E-state index contributed by atoms with van der Waals surface area (Å²) in [6.45, 7) is 0.534. The first-order valence-electron chi connectivity index (χ1n) is 5.43. The highest BCUT2D eigenvalue weighted by molar-refractivity contribution is 6.33. The van der Waals surface area contributed by atoms with Gasteiger partial charge >= 0.3 is 0 Å². The molecule has 0 aliphatic carbocycles. The van der Waals surface area contributed by atoms with Crippen LogP contribution in [0.25, 0.3) is 0 Å². The van der Waals surface area contributed by atoms with Crippen LogP contribution < -0.4 is 5.32 Å². The predicted octanol–water partition coefficient (Wildman–Crippen LogP) is 3.67. The summed E-state index contributed by atoms with van der Waals surface area (Å²) in [6.07, 6.45) is 3.66. The Kier molecular flexibility index (Phi) is 4.10. The largest absolute Gasteiger partial charge is 0.383 e. The van der Waals surface area contributed by atoms with Gasteiger partial charge in [-0.15, -0.1) is 0 Å². The van der Waals surface area contributed by atoms with Gasteiger partial charge in [0.1, 0.15) is 11.6 Å². The van der Waals surface area contributed by atoms with Crippen LogP contribution in [0.1, 0.15) is 5.56 Å². The van der Waals surface area contributed by atoms with Gasteiger partial charge in [-0.2, -0.15) is 0 Å². The molecule has 1 heterocycles. The van der Waals surface area contributed by atoms with E-state index in [2.05, 4.69) is 10.3 Å². The Labute approximate surface area is 109 Å². The number of hydrogen-bond donors (Lipinski definition) is 1. The van der Waals surface area contributed by atoms with Gasteiger partial charge in [-0.1, -0.05) is 11.6 Å². The molecule has 2 nitrogen and oxygen atoms in total. The van der Waals surface area contributed by atoms with Gasteiger partial charge in [-0.25, -0.2) is 8.78 Å². The zero-order chi connectivity index (χ0) is 13.0. The van der Waals surface area contributed by atoms with Gasteiger partial charge in [0.15, 0.2) is 0 Å². The number of rotatable bonds is 4. The third kappa shape index (κ3) is 3.40. The summed E-state index contributed by atoms with van der Waals surface area (Å²) < 4.78 is 25.9. The second kappa shape index (κ2) is 5.78. The van der Waals surface area contributed by atoms with Crippen LogP contribution in [0, 0.1) is 11.6 Å². The molecule has 0 aliphatic rings. The van der Waals surface area contributed by atoms with Crippen molar-refractivity contribution in [3.8, 4) is 0 Å². The fourth-order valence-electron chi connectivity index (χ4n) is 1.62. The summed E-state index contributed by atoms with van der Waals surface area (Å²) in [5.74, 6) is -1.13. The molecule has 5 heteroatoms. The van der Waals surface area contributed by atoms with Crippen LogP contribution in [0.2, 0.25) is 5.02 Å². The number of pyridine rings is 1. The second-order valence-electron chi connectivity index (χ2n) is 3.81. The van der Waals surface area contributed by atoms with Crippen molar-refractivity contribution >= 4 is 17.3 Å². The van der Waals surface area contributed by atoms with E-state index in [1.807, 2.05) is 0 Å². The topological polar surface area (TPSA) is 24.9 Å². The fraction of sp³-hybridized carbons (Fsp3) is 0.154. The van der Waals surface area contributed by atoms with Crippen LogP contribution in [0.3, 0.4) is 0 Å². The van der Waals surface area contributed by atoms with E-state index >= 15 is 0 Å². The third-order valence-electron chi connectivity index (χ3n) is 2.42. The first kappa shape index (κ1) is 12.8. The number of benzene rings is 1. The van der Waals surface area contributed by atoms with E-state index in [1.165, 1.54) is 18.3 Å². The molecule has 2 rings (SSSR count). The van der Waals surface area contributed by atoms with Crippen LogP contribution in [0.15, 0.2) is 36.7 Å². The lowest BCUT2D eigenvalue weighted by Gasteiger charge is -2.07. The van der Waals surface area contributed by atoms with Crippen molar-refractivity contribution in [1.29, 1.82) is 0 Å². The zero-order valence-electron chi connectivity index (χ0n) is 9.46. The van der Waals surface area contributed by atoms with Crippen LogP contribution in [0.4, 0.5) is 14.5 Å². The predicted molar refractivity (Wildman–Crippen MR) is 67.8 cm³/mol. The molecule has 0 aliphatic heterocycles. The van der Waals surface area contributed by atoms with Gasteiger partial charge < -0.3 is 5.32 Å². The number of anilines is 1. The van der Waals surface area contributed by atoms with E-state index in [0.717, 1.165) is 11.8 Å². The number of halogens is 3. The molecule has 0 spiro atoms. The fourth-order valence-corrected chi connectivity index (χ4v) is 1.80. The highest BCUT2D eigenvalue weighted by Gasteiger charge is 2.02. The van der Waals surface area contributed by atoms with E-state index in [1.54, 1.807) is 12.3 Å². The zero-order valence-corrected chi connectivity index (χ0v) is 10.2. The maximum absolute atomic E-state index is 13.0. The lowest BCUT2D eigenvalue weighted by molar-refractivity contribution is 0.580. The Morgan fingerprint density at radius 1 is 1.17 bits per heavy atom. The molecule has 0 saturated carbocycles. The van der Waals surface area contributed by atoms with Gasteiger partial charge in [0.05, 0.1) is 10.7 Å². The van der Waals surface area contributed by atoms with Crippen LogP contribution in [-0.2, 0) is 6.42 Å². The monoisotopic (exact) mass is 268 g/mol. The normalized spacial score (nSPS) is 10.4. The van der Waals surface area contributed by atoms with Crippen molar-refractivity contribution < 1.29 is 8.78 Å². The number of nitrogens with one attached hydrogen (secondary N) is 1. The Bertz CT molecular complexity index is 526. The molecule has 0 unspecified atom stereocenters. The molecule has 0 saturated heterocycles.